The first-order chi connectivity index (χ1) is 8.91. The smallest absolute Gasteiger partial charge is 0.258 e. The molecule has 2 rings (SSSR count). The third kappa shape index (κ3) is 2.53. The molecule has 0 radical (unpaired) electrons. The molecule has 0 aliphatic rings. The molecule has 0 saturated heterocycles. The maximum Gasteiger partial charge on any atom is 0.258 e. The Hall–Kier alpha value is -1.69. The Balaban J connectivity index is 2.34. The summed E-state index contributed by atoms with van der Waals surface area (Å²) in [4.78, 5) is 12.1. The summed E-state index contributed by atoms with van der Waals surface area (Å²) >= 11 is 3.06. The number of anilines is 1. The number of rotatable bonds is 2. The van der Waals surface area contributed by atoms with Gasteiger partial charge in [-0.1, -0.05) is 6.07 Å². The number of carbonyl (C=O) groups is 1. The van der Waals surface area contributed by atoms with Crippen LogP contribution in [0.1, 0.15) is 21.7 Å². The fraction of sp³-hybridized carbons (Fsp3) is 0.231. The predicted octanol–water partition coefficient (Wildman–Crippen LogP) is 3.19. The van der Waals surface area contributed by atoms with Crippen LogP contribution in [0, 0.1) is 19.7 Å². The Kier molecular flexibility index (Phi) is 3.71. The first kappa shape index (κ1) is 13.7. The van der Waals surface area contributed by atoms with Gasteiger partial charge in [-0.15, -0.1) is 0 Å². The van der Waals surface area contributed by atoms with Crippen LogP contribution in [0.4, 0.5) is 10.1 Å². The zero-order chi connectivity index (χ0) is 14.2. The van der Waals surface area contributed by atoms with Gasteiger partial charge in [0, 0.05) is 7.05 Å². The number of carbonyl (C=O) groups excluding carboxylic acids is 1. The molecule has 0 fully saturated rings. The van der Waals surface area contributed by atoms with Crippen molar-refractivity contribution in [2.24, 2.45) is 7.05 Å². The van der Waals surface area contributed by atoms with E-state index >= 15 is 0 Å². The summed E-state index contributed by atoms with van der Waals surface area (Å²) in [5.41, 5.74) is 2.13. The predicted molar refractivity (Wildman–Crippen MR) is 74.7 cm³/mol. The van der Waals surface area contributed by atoms with Gasteiger partial charge < -0.3 is 5.32 Å². The molecular weight excluding hydrogens is 313 g/mol. The Labute approximate surface area is 118 Å². The average Bonchev–Trinajstić information content (AvgIpc) is 2.59. The fourth-order valence-corrected chi connectivity index (χ4v) is 2.18. The van der Waals surface area contributed by atoms with Crippen molar-refractivity contribution in [3.63, 3.8) is 0 Å². The van der Waals surface area contributed by atoms with Gasteiger partial charge in [-0.05, 0) is 41.9 Å². The Morgan fingerprint density at radius 1 is 1.42 bits per heavy atom. The number of hydrogen-bond donors (Lipinski definition) is 1. The maximum absolute atomic E-state index is 13.8. The maximum atomic E-state index is 13.8. The summed E-state index contributed by atoms with van der Waals surface area (Å²) in [7, 11) is 1.79. The van der Waals surface area contributed by atoms with Crippen molar-refractivity contribution < 1.29 is 9.18 Å². The zero-order valence-corrected chi connectivity index (χ0v) is 12.4. The van der Waals surface area contributed by atoms with Gasteiger partial charge in [0.1, 0.15) is 5.82 Å². The Morgan fingerprint density at radius 2 is 2.11 bits per heavy atom. The Morgan fingerprint density at radius 3 is 2.68 bits per heavy atom. The molecule has 4 nitrogen and oxygen atoms in total. The highest BCUT2D eigenvalue weighted by atomic mass is 79.9. The van der Waals surface area contributed by atoms with E-state index in [1.807, 2.05) is 6.92 Å². The van der Waals surface area contributed by atoms with Crippen molar-refractivity contribution in [2.45, 2.75) is 13.8 Å². The summed E-state index contributed by atoms with van der Waals surface area (Å²) in [6.07, 6.45) is 0. The molecular formula is C13H13BrFN3O. The number of nitrogens with one attached hydrogen (secondary N) is 1. The van der Waals surface area contributed by atoms with Gasteiger partial charge in [0.05, 0.1) is 27.1 Å². The van der Waals surface area contributed by atoms with E-state index in [-0.39, 0.29) is 10.0 Å². The zero-order valence-electron chi connectivity index (χ0n) is 10.8. The van der Waals surface area contributed by atoms with Crippen molar-refractivity contribution >= 4 is 27.5 Å². The lowest BCUT2D eigenvalue weighted by atomic mass is 10.2. The summed E-state index contributed by atoms with van der Waals surface area (Å²) < 4.78 is 15.8. The highest BCUT2D eigenvalue weighted by molar-refractivity contribution is 9.10. The van der Waals surface area contributed by atoms with Crippen LogP contribution >= 0.6 is 15.9 Å². The van der Waals surface area contributed by atoms with E-state index in [2.05, 4.69) is 26.3 Å². The SMILES string of the molecule is Cc1nn(C)c(C)c1NC(=O)c1cccc(Br)c1F. The molecule has 0 spiro atoms. The van der Waals surface area contributed by atoms with Gasteiger partial charge in [-0.25, -0.2) is 4.39 Å². The highest BCUT2D eigenvalue weighted by Gasteiger charge is 2.17. The van der Waals surface area contributed by atoms with Crippen LogP contribution in [-0.2, 0) is 7.05 Å². The minimum absolute atomic E-state index is 0.00275. The second kappa shape index (κ2) is 5.13. The lowest BCUT2D eigenvalue weighted by Gasteiger charge is -2.07. The van der Waals surface area contributed by atoms with Gasteiger partial charge >= 0.3 is 0 Å². The number of nitrogens with zero attached hydrogens (tertiary/aromatic N) is 2. The number of aryl methyl sites for hydroxylation is 2. The molecule has 0 aliphatic heterocycles. The summed E-state index contributed by atoms with van der Waals surface area (Å²) in [5.74, 6) is -1.06. The van der Waals surface area contributed by atoms with Crippen molar-refractivity contribution in [1.82, 2.24) is 9.78 Å². The van der Waals surface area contributed by atoms with E-state index in [0.29, 0.717) is 11.4 Å². The number of halogens is 2. The van der Waals surface area contributed by atoms with Gasteiger partial charge in [0.25, 0.3) is 5.91 Å². The van der Waals surface area contributed by atoms with Crippen LogP contribution in [0.3, 0.4) is 0 Å². The molecule has 0 bridgehead atoms. The molecule has 1 aromatic heterocycles. The van der Waals surface area contributed by atoms with E-state index in [1.54, 1.807) is 30.8 Å². The topological polar surface area (TPSA) is 46.9 Å². The molecule has 1 aromatic carbocycles. The average molecular weight is 326 g/mol. The molecule has 6 heteroatoms. The molecule has 0 unspecified atom stereocenters. The van der Waals surface area contributed by atoms with Crippen molar-refractivity contribution in [1.29, 1.82) is 0 Å². The van der Waals surface area contributed by atoms with Crippen molar-refractivity contribution in [3.8, 4) is 0 Å². The lowest BCUT2D eigenvalue weighted by Crippen LogP contribution is -2.15. The van der Waals surface area contributed by atoms with E-state index in [4.69, 9.17) is 0 Å². The van der Waals surface area contributed by atoms with Gasteiger partial charge in [0.15, 0.2) is 0 Å². The first-order valence-corrected chi connectivity index (χ1v) is 6.46. The molecule has 100 valence electrons. The molecule has 2 aromatic rings. The molecule has 1 N–H and O–H groups in total. The summed E-state index contributed by atoms with van der Waals surface area (Å²) in [6.45, 7) is 3.63. The number of aromatic nitrogens is 2. The first-order valence-electron chi connectivity index (χ1n) is 5.67. The fourth-order valence-electron chi connectivity index (χ4n) is 1.81. The normalized spacial score (nSPS) is 10.6. The van der Waals surface area contributed by atoms with Crippen LogP contribution in [0.2, 0.25) is 0 Å². The molecule has 0 atom stereocenters. The van der Waals surface area contributed by atoms with E-state index in [1.165, 1.54) is 6.07 Å². The number of benzene rings is 1. The third-order valence-electron chi connectivity index (χ3n) is 2.94. The van der Waals surface area contributed by atoms with Crippen LogP contribution in [0.15, 0.2) is 22.7 Å². The van der Waals surface area contributed by atoms with Gasteiger partial charge in [-0.3, -0.25) is 9.48 Å². The summed E-state index contributed by atoms with van der Waals surface area (Å²) in [5, 5.41) is 6.90. The van der Waals surface area contributed by atoms with Crippen molar-refractivity contribution in [3.05, 3.63) is 45.4 Å². The highest BCUT2D eigenvalue weighted by Crippen LogP contribution is 2.22. The largest absolute Gasteiger partial charge is 0.319 e. The van der Waals surface area contributed by atoms with E-state index in [9.17, 15) is 9.18 Å². The molecule has 0 aliphatic carbocycles. The van der Waals surface area contributed by atoms with Gasteiger partial charge in [0.2, 0.25) is 0 Å². The summed E-state index contributed by atoms with van der Waals surface area (Å²) in [6, 6.07) is 4.61. The van der Waals surface area contributed by atoms with Crippen LogP contribution in [0.25, 0.3) is 0 Å². The molecule has 19 heavy (non-hydrogen) atoms. The second-order valence-corrected chi connectivity index (χ2v) is 5.08. The monoisotopic (exact) mass is 325 g/mol. The third-order valence-corrected chi connectivity index (χ3v) is 3.56. The minimum atomic E-state index is -0.570. The van der Waals surface area contributed by atoms with Crippen LogP contribution in [-0.4, -0.2) is 15.7 Å². The molecule has 1 amide bonds. The van der Waals surface area contributed by atoms with Crippen molar-refractivity contribution in [2.75, 3.05) is 5.32 Å². The van der Waals surface area contributed by atoms with E-state index in [0.717, 1.165) is 5.69 Å². The second-order valence-electron chi connectivity index (χ2n) is 4.22. The quantitative estimate of drug-likeness (QED) is 0.921. The molecule has 0 saturated carbocycles. The minimum Gasteiger partial charge on any atom is -0.319 e. The standard InChI is InChI=1S/C13H13BrFN3O/c1-7-12(8(2)18(3)17-7)16-13(19)9-5-4-6-10(14)11(9)15/h4-6H,1-3H3,(H,16,19). The molecule has 1 heterocycles. The van der Waals surface area contributed by atoms with Crippen LogP contribution in [0.5, 0.6) is 0 Å². The van der Waals surface area contributed by atoms with Gasteiger partial charge in [-0.2, -0.15) is 5.10 Å². The van der Waals surface area contributed by atoms with Crippen LogP contribution < -0.4 is 5.32 Å². The number of hydrogen-bond acceptors (Lipinski definition) is 2. The number of amides is 1. The lowest BCUT2D eigenvalue weighted by molar-refractivity contribution is 0.102. The van der Waals surface area contributed by atoms with E-state index < -0.39 is 11.7 Å². The Bertz CT molecular complexity index is 652.